The molecule has 26 heavy (non-hydrogen) atoms. The predicted octanol–water partition coefficient (Wildman–Crippen LogP) is 1.09. The molecule has 1 aromatic rings. The van der Waals surface area contributed by atoms with Gasteiger partial charge < -0.3 is 30.0 Å². The molecule has 1 heterocycles. The quantitative estimate of drug-likeness (QED) is 0.671. The maximum absolute atomic E-state index is 12.4. The number of nitrogens with one attached hydrogen (secondary N) is 2. The van der Waals surface area contributed by atoms with Gasteiger partial charge in [0.05, 0.1) is 32.3 Å². The largest absolute Gasteiger partial charge is 0.493 e. The van der Waals surface area contributed by atoms with Gasteiger partial charge in [-0.3, -0.25) is 4.79 Å². The molecule has 0 unspecified atom stereocenters. The topological polar surface area (TPSA) is 89.1 Å². The van der Waals surface area contributed by atoms with E-state index in [4.69, 9.17) is 14.2 Å². The Labute approximate surface area is 154 Å². The van der Waals surface area contributed by atoms with Gasteiger partial charge in [-0.2, -0.15) is 0 Å². The van der Waals surface area contributed by atoms with Crippen molar-refractivity contribution in [1.82, 2.24) is 10.6 Å². The highest BCUT2D eigenvalue weighted by Gasteiger charge is 2.44. The third-order valence-electron chi connectivity index (χ3n) is 5.38. The van der Waals surface area contributed by atoms with Gasteiger partial charge in [0.2, 0.25) is 11.7 Å². The second kappa shape index (κ2) is 8.14. The van der Waals surface area contributed by atoms with E-state index in [2.05, 4.69) is 10.6 Å². The molecule has 1 aliphatic heterocycles. The summed E-state index contributed by atoms with van der Waals surface area (Å²) in [6.07, 6.45) is 3.52. The van der Waals surface area contributed by atoms with Crippen LogP contribution in [0.4, 0.5) is 0 Å². The lowest BCUT2D eigenvalue weighted by Crippen LogP contribution is -2.64. The van der Waals surface area contributed by atoms with Crippen LogP contribution in [0.1, 0.15) is 25.7 Å². The summed E-state index contributed by atoms with van der Waals surface area (Å²) >= 11 is 0. The molecule has 1 aliphatic carbocycles. The van der Waals surface area contributed by atoms with Gasteiger partial charge in [-0.1, -0.05) is 6.07 Å². The number of hydrogen-bond acceptors (Lipinski definition) is 6. The molecule has 1 aromatic carbocycles. The molecular weight excluding hydrogens is 336 g/mol. The number of aliphatic hydroxyl groups is 1. The van der Waals surface area contributed by atoms with Crippen molar-refractivity contribution in [3.63, 3.8) is 0 Å². The summed E-state index contributed by atoms with van der Waals surface area (Å²) in [5.74, 6) is 1.89. The molecule has 3 N–H and O–H groups in total. The molecule has 1 amide bonds. The van der Waals surface area contributed by atoms with Gasteiger partial charge in [0.25, 0.3) is 0 Å². The predicted molar refractivity (Wildman–Crippen MR) is 96.7 cm³/mol. The Morgan fingerprint density at radius 2 is 1.88 bits per heavy atom. The summed E-state index contributed by atoms with van der Waals surface area (Å²) in [5, 5.41) is 15.7. The zero-order valence-electron chi connectivity index (χ0n) is 15.4. The summed E-state index contributed by atoms with van der Waals surface area (Å²) in [4.78, 5) is 12.4. The Bertz CT molecular complexity index is 619. The summed E-state index contributed by atoms with van der Waals surface area (Å²) in [6, 6.07) is 5.73. The van der Waals surface area contributed by atoms with Crippen LogP contribution in [0, 0.1) is 5.41 Å². The summed E-state index contributed by atoms with van der Waals surface area (Å²) in [5.41, 5.74) is -0.638. The molecule has 1 saturated carbocycles. The van der Waals surface area contributed by atoms with Gasteiger partial charge in [-0.05, 0) is 37.8 Å². The smallest absolute Gasteiger partial charge is 0.231 e. The SMILES string of the molecule is COc1cccc(OC2CCC(NC(=O)C3(CO)CNC3)CC2)c1OC. The number of methoxy groups -OCH3 is 2. The van der Waals surface area contributed by atoms with Crippen LogP contribution in [0.5, 0.6) is 17.2 Å². The van der Waals surface area contributed by atoms with Crippen LogP contribution in [-0.4, -0.2) is 57.1 Å². The molecule has 144 valence electrons. The number of carbonyl (C=O) groups excluding carboxylic acids is 1. The van der Waals surface area contributed by atoms with E-state index in [9.17, 15) is 9.90 Å². The van der Waals surface area contributed by atoms with E-state index in [1.165, 1.54) is 0 Å². The average Bonchev–Trinajstić information content (AvgIpc) is 2.62. The van der Waals surface area contributed by atoms with Gasteiger partial charge in [0.15, 0.2) is 11.5 Å². The van der Waals surface area contributed by atoms with Crippen molar-refractivity contribution in [1.29, 1.82) is 0 Å². The standard InChI is InChI=1S/C19H28N2O5/c1-24-15-4-3-5-16(17(15)25-2)26-14-8-6-13(7-9-14)21-18(23)19(12-22)10-20-11-19/h3-5,13-14,20,22H,6-12H2,1-2H3,(H,21,23). The normalized spacial score (nSPS) is 24.3. The van der Waals surface area contributed by atoms with Crippen LogP contribution in [0.2, 0.25) is 0 Å². The fourth-order valence-corrected chi connectivity index (χ4v) is 3.56. The van der Waals surface area contributed by atoms with Gasteiger partial charge in [-0.25, -0.2) is 0 Å². The highest BCUT2D eigenvalue weighted by molar-refractivity contribution is 5.84. The first-order valence-electron chi connectivity index (χ1n) is 9.12. The molecule has 2 aliphatic rings. The summed E-state index contributed by atoms with van der Waals surface area (Å²) < 4.78 is 16.8. The van der Waals surface area contributed by atoms with Gasteiger partial charge in [0, 0.05) is 19.1 Å². The van der Waals surface area contributed by atoms with Crippen molar-refractivity contribution >= 4 is 5.91 Å². The fraction of sp³-hybridized carbons (Fsp3) is 0.632. The lowest BCUT2D eigenvalue weighted by atomic mass is 9.81. The number of ether oxygens (including phenoxy) is 3. The number of amides is 1. The number of aliphatic hydroxyl groups excluding tert-OH is 1. The Morgan fingerprint density at radius 1 is 1.19 bits per heavy atom. The Balaban J connectivity index is 1.52. The minimum Gasteiger partial charge on any atom is -0.493 e. The molecule has 7 nitrogen and oxygen atoms in total. The first-order valence-corrected chi connectivity index (χ1v) is 9.12. The lowest BCUT2D eigenvalue weighted by molar-refractivity contribution is -0.138. The maximum atomic E-state index is 12.4. The van der Waals surface area contributed by atoms with Gasteiger partial charge in [-0.15, -0.1) is 0 Å². The fourth-order valence-electron chi connectivity index (χ4n) is 3.56. The summed E-state index contributed by atoms with van der Waals surface area (Å²) in [6.45, 7) is 0.979. The number of hydrogen-bond donors (Lipinski definition) is 3. The van der Waals surface area contributed by atoms with E-state index < -0.39 is 5.41 Å². The van der Waals surface area contributed by atoms with Crippen LogP contribution in [0.3, 0.4) is 0 Å². The molecule has 7 heteroatoms. The van der Waals surface area contributed by atoms with Gasteiger partial charge in [0.1, 0.15) is 0 Å². The molecule has 2 fully saturated rings. The van der Waals surface area contributed by atoms with Crippen molar-refractivity contribution in [2.24, 2.45) is 5.41 Å². The van der Waals surface area contributed by atoms with Crippen molar-refractivity contribution in [2.75, 3.05) is 33.9 Å². The third kappa shape index (κ3) is 3.73. The van der Waals surface area contributed by atoms with E-state index in [1.54, 1.807) is 14.2 Å². The second-order valence-corrected chi connectivity index (χ2v) is 7.10. The third-order valence-corrected chi connectivity index (χ3v) is 5.38. The highest BCUT2D eigenvalue weighted by Crippen LogP contribution is 2.38. The molecule has 0 atom stereocenters. The molecular formula is C19H28N2O5. The van der Waals surface area contributed by atoms with E-state index in [1.807, 2.05) is 18.2 Å². The Kier molecular flexibility index (Phi) is 5.88. The van der Waals surface area contributed by atoms with Crippen LogP contribution < -0.4 is 24.8 Å². The van der Waals surface area contributed by atoms with E-state index in [0.29, 0.717) is 30.3 Å². The van der Waals surface area contributed by atoms with Crippen LogP contribution in [0.15, 0.2) is 18.2 Å². The second-order valence-electron chi connectivity index (χ2n) is 7.10. The molecule has 0 radical (unpaired) electrons. The molecule has 0 bridgehead atoms. The molecule has 0 aromatic heterocycles. The van der Waals surface area contributed by atoms with E-state index >= 15 is 0 Å². The Hall–Kier alpha value is -1.99. The maximum Gasteiger partial charge on any atom is 0.231 e. The van der Waals surface area contributed by atoms with Gasteiger partial charge >= 0.3 is 0 Å². The van der Waals surface area contributed by atoms with Crippen LogP contribution in [0.25, 0.3) is 0 Å². The Morgan fingerprint density at radius 3 is 2.42 bits per heavy atom. The molecule has 0 spiro atoms. The molecule has 1 saturated heterocycles. The van der Waals surface area contributed by atoms with Crippen molar-refractivity contribution in [3.8, 4) is 17.2 Å². The average molecular weight is 364 g/mol. The molecule has 3 rings (SSSR count). The highest BCUT2D eigenvalue weighted by atomic mass is 16.5. The zero-order valence-corrected chi connectivity index (χ0v) is 15.4. The minimum atomic E-state index is -0.638. The van der Waals surface area contributed by atoms with Crippen molar-refractivity contribution < 1.29 is 24.1 Å². The number of para-hydroxylation sites is 1. The summed E-state index contributed by atoms with van der Waals surface area (Å²) in [7, 11) is 3.20. The first-order chi connectivity index (χ1) is 12.6. The van der Waals surface area contributed by atoms with Crippen molar-refractivity contribution in [3.05, 3.63) is 18.2 Å². The van der Waals surface area contributed by atoms with Crippen molar-refractivity contribution in [2.45, 2.75) is 37.8 Å². The minimum absolute atomic E-state index is 0.0439. The van der Waals surface area contributed by atoms with E-state index in [-0.39, 0.29) is 24.7 Å². The van der Waals surface area contributed by atoms with E-state index in [0.717, 1.165) is 25.7 Å². The number of benzene rings is 1. The number of rotatable bonds is 7. The zero-order chi connectivity index (χ0) is 18.6. The first kappa shape index (κ1) is 18.8. The monoisotopic (exact) mass is 364 g/mol. The van der Waals surface area contributed by atoms with Crippen LogP contribution >= 0.6 is 0 Å². The number of carbonyl (C=O) groups is 1. The van der Waals surface area contributed by atoms with Crippen LogP contribution in [-0.2, 0) is 4.79 Å². The lowest BCUT2D eigenvalue weighted by Gasteiger charge is -2.41.